The second kappa shape index (κ2) is 5.02. The van der Waals surface area contributed by atoms with Gasteiger partial charge in [0.2, 0.25) is 0 Å². The molecule has 0 atom stereocenters. The van der Waals surface area contributed by atoms with Crippen LogP contribution in [0, 0.1) is 0 Å². The van der Waals surface area contributed by atoms with Crippen molar-refractivity contribution in [1.82, 2.24) is 4.98 Å². The number of carbonyl (C=O) groups excluding carboxylic acids is 1. The lowest BCUT2D eigenvalue weighted by Crippen LogP contribution is -2.41. The van der Waals surface area contributed by atoms with Gasteiger partial charge in [-0.1, -0.05) is 11.6 Å². The van der Waals surface area contributed by atoms with Gasteiger partial charge in [0.15, 0.2) is 0 Å². The van der Waals surface area contributed by atoms with Crippen LogP contribution in [0.15, 0.2) is 12.3 Å². The molecule has 20 heavy (non-hydrogen) atoms. The molecule has 1 aliphatic rings. The Balaban J connectivity index is 2.34. The van der Waals surface area contributed by atoms with E-state index in [1.165, 1.54) is 19.4 Å². The highest BCUT2D eigenvalue weighted by atomic mass is 35.5. The van der Waals surface area contributed by atoms with Gasteiger partial charge < -0.3 is 14.0 Å². The summed E-state index contributed by atoms with van der Waals surface area (Å²) in [6, 6.07) is 1.54. The van der Waals surface area contributed by atoms with E-state index in [2.05, 4.69) is 9.72 Å². The first-order valence-corrected chi connectivity index (χ1v) is 6.65. The number of nitrogens with zero attached hydrogens (tertiary/aromatic N) is 1. The SMILES string of the molecule is COC(=O)c1cc(B2OC(C)(C)C(C)(C)O2)ncc1Cl. The summed E-state index contributed by atoms with van der Waals surface area (Å²) in [7, 11) is 0.661. The standard InChI is InChI=1S/C13H17BClNO4/c1-12(2)13(3,4)20-14(19-12)10-6-8(11(17)18-5)9(15)7-16-10/h6-7H,1-5H3. The van der Waals surface area contributed by atoms with Crippen LogP contribution in [-0.4, -0.2) is 36.4 Å². The van der Waals surface area contributed by atoms with Gasteiger partial charge in [0.25, 0.3) is 0 Å². The van der Waals surface area contributed by atoms with Crippen molar-refractivity contribution in [3.63, 3.8) is 0 Å². The monoisotopic (exact) mass is 297 g/mol. The first-order valence-electron chi connectivity index (χ1n) is 6.27. The number of rotatable bonds is 2. The fourth-order valence-electron chi connectivity index (χ4n) is 1.81. The van der Waals surface area contributed by atoms with Crippen molar-refractivity contribution >= 4 is 30.3 Å². The van der Waals surface area contributed by atoms with Crippen LogP contribution in [0.5, 0.6) is 0 Å². The molecule has 5 nitrogen and oxygen atoms in total. The van der Waals surface area contributed by atoms with Crippen molar-refractivity contribution in [2.24, 2.45) is 0 Å². The zero-order chi connectivity index (χ0) is 15.1. The molecule has 0 aromatic carbocycles. The summed E-state index contributed by atoms with van der Waals surface area (Å²) < 4.78 is 16.4. The Morgan fingerprint density at radius 1 is 1.30 bits per heavy atom. The maximum absolute atomic E-state index is 11.6. The number of esters is 1. The second-order valence-electron chi connectivity index (χ2n) is 5.67. The summed E-state index contributed by atoms with van der Waals surface area (Å²) in [5, 5.41) is 0.233. The highest BCUT2D eigenvalue weighted by Crippen LogP contribution is 2.36. The van der Waals surface area contributed by atoms with E-state index < -0.39 is 24.3 Å². The molecular formula is C13H17BClNO4. The van der Waals surface area contributed by atoms with Crippen LogP contribution in [0.25, 0.3) is 0 Å². The molecule has 0 aliphatic carbocycles. The predicted molar refractivity (Wildman–Crippen MR) is 76.3 cm³/mol. The lowest BCUT2D eigenvalue weighted by molar-refractivity contribution is 0.00578. The van der Waals surface area contributed by atoms with E-state index in [1.54, 1.807) is 0 Å². The number of aromatic nitrogens is 1. The van der Waals surface area contributed by atoms with Crippen molar-refractivity contribution < 1.29 is 18.8 Å². The molecule has 0 bridgehead atoms. The number of hydrogen-bond acceptors (Lipinski definition) is 5. The van der Waals surface area contributed by atoms with Crippen molar-refractivity contribution in [1.29, 1.82) is 0 Å². The average molecular weight is 298 g/mol. The smallest absolute Gasteiger partial charge is 0.465 e. The first kappa shape index (κ1) is 15.3. The van der Waals surface area contributed by atoms with E-state index in [9.17, 15) is 4.79 Å². The molecule has 108 valence electrons. The van der Waals surface area contributed by atoms with Crippen LogP contribution in [0.3, 0.4) is 0 Å². The highest BCUT2D eigenvalue weighted by Gasteiger charge is 2.52. The van der Waals surface area contributed by atoms with Crippen LogP contribution in [0.2, 0.25) is 5.02 Å². The third kappa shape index (κ3) is 2.55. The number of ether oxygens (including phenoxy) is 1. The summed E-state index contributed by atoms with van der Waals surface area (Å²) in [6.07, 6.45) is 1.40. The van der Waals surface area contributed by atoms with Gasteiger partial charge in [-0.25, -0.2) is 4.79 Å². The Morgan fingerprint density at radius 3 is 2.35 bits per heavy atom. The second-order valence-corrected chi connectivity index (χ2v) is 6.08. The molecule has 0 unspecified atom stereocenters. The number of halogens is 1. The Bertz CT molecular complexity index is 531. The summed E-state index contributed by atoms with van der Waals surface area (Å²) >= 11 is 5.94. The Labute approximate surface area is 123 Å². The Kier molecular flexibility index (Phi) is 3.84. The number of methoxy groups -OCH3 is 1. The van der Waals surface area contributed by atoms with Gasteiger partial charge >= 0.3 is 13.1 Å². The third-order valence-electron chi connectivity index (χ3n) is 3.78. The van der Waals surface area contributed by atoms with Gasteiger partial charge in [-0.15, -0.1) is 0 Å². The summed E-state index contributed by atoms with van der Waals surface area (Å²) in [5.41, 5.74) is -0.197. The normalized spacial score (nSPS) is 20.0. The molecule has 2 heterocycles. The predicted octanol–water partition coefficient (Wildman–Crippen LogP) is 1.82. The molecule has 0 saturated carbocycles. The zero-order valence-corrected chi connectivity index (χ0v) is 12.9. The van der Waals surface area contributed by atoms with Gasteiger partial charge in [-0.3, -0.25) is 4.98 Å². The Hall–Kier alpha value is -1.11. The van der Waals surface area contributed by atoms with Crippen LogP contribution >= 0.6 is 11.6 Å². The van der Waals surface area contributed by atoms with E-state index in [1.807, 2.05) is 27.7 Å². The Morgan fingerprint density at radius 2 is 1.85 bits per heavy atom. The maximum atomic E-state index is 11.6. The number of pyridine rings is 1. The molecule has 0 N–H and O–H groups in total. The molecule has 1 aromatic rings. The van der Waals surface area contributed by atoms with Crippen molar-refractivity contribution in [2.75, 3.05) is 7.11 Å². The fourth-order valence-corrected chi connectivity index (χ4v) is 1.99. The van der Waals surface area contributed by atoms with Gasteiger partial charge in [0.1, 0.15) is 0 Å². The van der Waals surface area contributed by atoms with Crippen molar-refractivity contribution in [2.45, 2.75) is 38.9 Å². The fraction of sp³-hybridized carbons (Fsp3) is 0.538. The zero-order valence-electron chi connectivity index (χ0n) is 12.2. The summed E-state index contributed by atoms with van der Waals surface area (Å²) in [4.78, 5) is 15.8. The van der Waals surface area contributed by atoms with Crippen LogP contribution in [0.1, 0.15) is 38.1 Å². The minimum atomic E-state index is -0.638. The molecular weight excluding hydrogens is 280 g/mol. The molecule has 7 heteroatoms. The molecule has 0 amide bonds. The molecule has 1 fully saturated rings. The van der Waals surface area contributed by atoms with Gasteiger partial charge in [-0.2, -0.15) is 0 Å². The molecule has 1 saturated heterocycles. The van der Waals surface area contributed by atoms with Gasteiger partial charge in [-0.05, 0) is 33.8 Å². The summed E-state index contributed by atoms with van der Waals surface area (Å²) in [6.45, 7) is 7.79. The average Bonchev–Trinajstić information content (AvgIpc) is 2.58. The van der Waals surface area contributed by atoms with E-state index in [4.69, 9.17) is 20.9 Å². The van der Waals surface area contributed by atoms with E-state index in [-0.39, 0.29) is 10.6 Å². The van der Waals surface area contributed by atoms with Crippen LogP contribution in [0.4, 0.5) is 0 Å². The minimum Gasteiger partial charge on any atom is -0.465 e. The van der Waals surface area contributed by atoms with Gasteiger partial charge in [0, 0.05) is 6.20 Å². The number of carbonyl (C=O) groups is 1. The third-order valence-corrected chi connectivity index (χ3v) is 4.08. The number of hydrogen-bond donors (Lipinski definition) is 0. The summed E-state index contributed by atoms with van der Waals surface area (Å²) in [5.74, 6) is -0.518. The van der Waals surface area contributed by atoms with E-state index >= 15 is 0 Å². The molecule has 2 rings (SSSR count). The van der Waals surface area contributed by atoms with E-state index in [0.29, 0.717) is 5.59 Å². The maximum Gasteiger partial charge on any atom is 0.514 e. The van der Waals surface area contributed by atoms with Crippen molar-refractivity contribution in [3.05, 3.63) is 22.8 Å². The quantitative estimate of drug-likeness (QED) is 0.615. The lowest BCUT2D eigenvalue weighted by atomic mass is 9.83. The highest BCUT2D eigenvalue weighted by molar-refractivity contribution is 6.61. The molecule has 1 aliphatic heterocycles. The van der Waals surface area contributed by atoms with Gasteiger partial charge in [0.05, 0.1) is 34.5 Å². The minimum absolute atomic E-state index is 0.233. The van der Waals surface area contributed by atoms with Crippen LogP contribution < -0.4 is 5.59 Å². The largest absolute Gasteiger partial charge is 0.514 e. The molecule has 0 radical (unpaired) electrons. The lowest BCUT2D eigenvalue weighted by Gasteiger charge is -2.32. The van der Waals surface area contributed by atoms with E-state index in [0.717, 1.165) is 0 Å². The molecule has 1 aromatic heterocycles. The van der Waals surface area contributed by atoms with Crippen LogP contribution in [-0.2, 0) is 14.0 Å². The van der Waals surface area contributed by atoms with Crippen molar-refractivity contribution in [3.8, 4) is 0 Å². The molecule has 0 spiro atoms. The topological polar surface area (TPSA) is 57.7 Å². The first-order chi connectivity index (χ1) is 9.18.